The van der Waals surface area contributed by atoms with Crippen LogP contribution in [0.25, 0.3) is 0 Å². The summed E-state index contributed by atoms with van der Waals surface area (Å²) in [6.45, 7) is 2.58. The first-order valence-electron chi connectivity index (χ1n) is 5.46. The van der Waals surface area contributed by atoms with E-state index < -0.39 is 0 Å². The van der Waals surface area contributed by atoms with Gasteiger partial charge in [0, 0.05) is 5.02 Å². The zero-order chi connectivity index (χ0) is 12.3. The van der Waals surface area contributed by atoms with Gasteiger partial charge < -0.3 is 9.47 Å². The molecule has 0 aliphatic carbocycles. The van der Waals surface area contributed by atoms with E-state index in [-0.39, 0.29) is 12.1 Å². The molecule has 1 aliphatic heterocycles. The van der Waals surface area contributed by atoms with Gasteiger partial charge in [-0.1, -0.05) is 23.7 Å². The molecule has 3 nitrogen and oxygen atoms in total. The molecule has 0 fully saturated rings. The molecule has 0 radical (unpaired) electrons. The molecule has 0 N–H and O–H groups in total. The Balaban J connectivity index is 2.19. The van der Waals surface area contributed by atoms with Gasteiger partial charge in [-0.25, -0.2) is 4.79 Å². The Morgan fingerprint density at radius 2 is 2.18 bits per heavy atom. The quantitative estimate of drug-likeness (QED) is 0.776. The third-order valence-electron chi connectivity index (χ3n) is 2.53. The van der Waals surface area contributed by atoms with Crippen LogP contribution in [0.15, 0.2) is 35.9 Å². The number of hydrogen-bond donors (Lipinski definition) is 0. The predicted molar refractivity (Wildman–Crippen MR) is 64.9 cm³/mol. The van der Waals surface area contributed by atoms with Gasteiger partial charge in [-0.3, -0.25) is 0 Å². The number of carbonyl (C=O) groups excluding carboxylic acids is 1. The van der Waals surface area contributed by atoms with E-state index in [2.05, 4.69) is 0 Å². The minimum atomic E-state index is -0.341. The van der Waals surface area contributed by atoms with Crippen molar-refractivity contribution in [2.75, 3.05) is 13.2 Å². The van der Waals surface area contributed by atoms with E-state index in [1.165, 1.54) is 0 Å². The summed E-state index contributed by atoms with van der Waals surface area (Å²) in [5, 5.41) is 0.661. The average Bonchev–Trinajstić information content (AvgIpc) is 2.79. The summed E-state index contributed by atoms with van der Waals surface area (Å²) >= 11 is 5.82. The van der Waals surface area contributed by atoms with E-state index in [9.17, 15) is 4.79 Å². The summed E-state index contributed by atoms with van der Waals surface area (Å²) in [4.78, 5) is 11.7. The fraction of sp³-hybridized carbons (Fsp3) is 0.308. The highest BCUT2D eigenvalue weighted by molar-refractivity contribution is 6.30. The molecule has 1 aliphatic rings. The van der Waals surface area contributed by atoms with Crippen LogP contribution < -0.4 is 0 Å². The van der Waals surface area contributed by atoms with E-state index in [1.54, 1.807) is 25.1 Å². The highest BCUT2D eigenvalue weighted by Gasteiger charge is 2.28. The number of rotatable bonds is 3. The van der Waals surface area contributed by atoms with E-state index in [0.29, 0.717) is 23.8 Å². The number of hydrogen-bond acceptors (Lipinski definition) is 3. The van der Waals surface area contributed by atoms with Crippen LogP contribution in [0.5, 0.6) is 0 Å². The van der Waals surface area contributed by atoms with Crippen molar-refractivity contribution in [1.82, 2.24) is 0 Å². The van der Waals surface area contributed by atoms with Crippen LogP contribution in [0.4, 0.5) is 0 Å². The van der Waals surface area contributed by atoms with Crippen LogP contribution in [-0.2, 0) is 14.3 Å². The monoisotopic (exact) mass is 252 g/mol. The summed E-state index contributed by atoms with van der Waals surface area (Å²) in [5.74, 6) is -0.315. The summed E-state index contributed by atoms with van der Waals surface area (Å²) in [6.07, 6.45) is 1.42. The predicted octanol–water partition coefficient (Wildman–Crippen LogP) is 2.90. The lowest BCUT2D eigenvalue weighted by molar-refractivity contribution is -0.139. The second-order valence-corrected chi connectivity index (χ2v) is 4.08. The summed E-state index contributed by atoms with van der Waals surface area (Å²) in [5.41, 5.74) is 1.47. The van der Waals surface area contributed by atoms with Crippen molar-refractivity contribution in [2.45, 2.75) is 13.0 Å². The molecule has 2 rings (SSSR count). The molecule has 4 heteroatoms. The zero-order valence-electron chi connectivity index (χ0n) is 9.48. The van der Waals surface area contributed by atoms with Gasteiger partial charge in [-0.2, -0.15) is 0 Å². The van der Waals surface area contributed by atoms with Crippen molar-refractivity contribution < 1.29 is 14.3 Å². The molecule has 0 aromatic heterocycles. The number of benzene rings is 1. The van der Waals surface area contributed by atoms with Crippen molar-refractivity contribution in [2.24, 2.45) is 0 Å². The number of esters is 1. The standard InChI is InChI=1S/C13H13ClO3/c1-2-16-13(15)11-7-8-17-12(11)9-3-5-10(14)6-4-9/h3-7,12H,2,8H2,1H3. The smallest absolute Gasteiger partial charge is 0.336 e. The van der Waals surface area contributed by atoms with E-state index in [4.69, 9.17) is 21.1 Å². The maximum absolute atomic E-state index is 11.7. The lowest BCUT2D eigenvalue weighted by atomic mass is 10.0. The first-order chi connectivity index (χ1) is 8.22. The highest BCUT2D eigenvalue weighted by Crippen LogP contribution is 2.31. The number of carbonyl (C=O) groups is 1. The molecule has 90 valence electrons. The molecule has 0 spiro atoms. The van der Waals surface area contributed by atoms with Gasteiger partial charge in [-0.15, -0.1) is 0 Å². The molecular formula is C13H13ClO3. The first-order valence-corrected chi connectivity index (χ1v) is 5.84. The second-order valence-electron chi connectivity index (χ2n) is 3.64. The van der Waals surface area contributed by atoms with Gasteiger partial charge in [0.1, 0.15) is 6.10 Å². The Hall–Kier alpha value is -1.32. The third-order valence-corrected chi connectivity index (χ3v) is 2.78. The number of halogens is 1. The molecule has 0 saturated heterocycles. The molecule has 1 aromatic rings. The Morgan fingerprint density at radius 1 is 1.47 bits per heavy atom. The highest BCUT2D eigenvalue weighted by atomic mass is 35.5. The summed E-state index contributed by atoms with van der Waals surface area (Å²) < 4.78 is 10.5. The Labute approximate surface area is 105 Å². The van der Waals surface area contributed by atoms with Crippen LogP contribution in [0.2, 0.25) is 5.02 Å². The van der Waals surface area contributed by atoms with E-state index in [0.717, 1.165) is 5.56 Å². The molecule has 1 atom stereocenters. The van der Waals surface area contributed by atoms with Gasteiger partial charge in [0.15, 0.2) is 0 Å². The van der Waals surface area contributed by atoms with Gasteiger partial charge >= 0.3 is 5.97 Å². The van der Waals surface area contributed by atoms with Crippen LogP contribution in [0, 0.1) is 0 Å². The first kappa shape index (κ1) is 12.1. The van der Waals surface area contributed by atoms with Crippen molar-refractivity contribution in [1.29, 1.82) is 0 Å². The van der Waals surface area contributed by atoms with Gasteiger partial charge in [0.05, 0.1) is 18.8 Å². The number of ether oxygens (including phenoxy) is 2. The van der Waals surface area contributed by atoms with Crippen molar-refractivity contribution in [3.63, 3.8) is 0 Å². The molecule has 1 unspecified atom stereocenters. The van der Waals surface area contributed by atoms with Gasteiger partial charge in [0.2, 0.25) is 0 Å². The molecule has 1 aromatic carbocycles. The van der Waals surface area contributed by atoms with Crippen molar-refractivity contribution in [3.8, 4) is 0 Å². The van der Waals surface area contributed by atoms with Crippen molar-refractivity contribution in [3.05, 3.63) is 46.5 Å². The molecule has 0 bridgehead atoms. The molecular weight excluding hydrogens is 240 g/mol. The van der Waals surface area contributed by atoms with Gasteiger partial charge in [0.25, 0.3) is 0 Å². The van der Waals surface area contributed by atoms with Crippen LogP contribution in [0.3, 0.4) is 0 Å². The van der Waals surface area contributed by atoms with Crippen molar-refractivity contribution >= 4 is 17.6 Å². The molecule has 17 heavy (non-hydrogen) atoms. The topological polar surface area (TPSA) is 35.5 Å². The second kappa shape index (κ2) is 5.34. The minimum absolute atomic E-state index is 0.315. The summed E-state index contributed by atoms with van der Waals surface area (Å²) in [6, 6.07) is 7.26. The molecule has 1 heterocycles. The van der Waals surface area contributed by atoms with Crippen LogP contribution >= 0.6 is 11.6 Å². The third kappa shape index (κ3) is 2.68. The average molecular weight is 253 g/mol. The molecule has 0 amide bonds. The zero-order valence-corrected chi connectivity index (χ0v) is 10.2. The maximum atomic E-state index is 11.7. The van der Waals surface area contributed by atoms with Gasteiger partial charge in [-0.05, 0) is 30.7 Å². The van der Waals surface area contributed by atoms with Crippen LogP contribution in [0.1, 0.15) is 18.6 Å². The molecule has 0 saturated carbocycles. The normalized spacial score (nSPS) is 18.9. The largest absolute Gasteiger partial charge is 0.463 e. The SMILES string of the molecule is CCOC(=O)C1=CCOC1c1ccc(Cl)cc1. The van der Waals surface area contributed by atoms with E-state index in [1.807, 2.05) is 12.1 Å². The Morgan fingerprint density at radius 3 is 2.82 bits per heavy atom. The van der Waals surface area contributed by atoms with Crippen LogP contribution in [-0.4, -0.2) is 19.2 Å². The Kier molecular flexibility index (Phi) is 3.82. The van der Waals surface area contributed by atoms with E-state index >= 15 is 0 Å². The minimum Gasteiger partial charge on any atom is -0.463 e. The summed E-state index contributed by atoms with van der Waals surface area (Å²) in [7, 11) is 0. The maximum Gasteiger partial charge on any atom is 0.336 e. The Bertz CT molecular complexity index is 436. The lowest BCUT2D eigenvalue weighted by Gasteiger charge is -2.14. The fourth-order valence-electron chi connectivity index (χ4n) is 1.75. The lowest BCUT2D eigenvalue weighted by Crippen LogP contribution is -2.13. The fourth-order valence-corrected chi connectivity index (χ4v) is 1.88.